The maximum absolute atomic E-state index is 6.09. The Kier molecular flexibility index (Phi) is 4.23. The number of rotatable bonds is 4. The smallest absolute Gasteiger partial charge is 0.0593 e. The van der Waals surface area contributed by atoms with Gasteiger partial charge >= 0.3 is 0 Å². The molecule has 1 aliphatic carbocycles. The van der Waals surface area contributed by atoms with Gasteiger partial charge in [0.25, 0.3) is 0 Å². The van der Waals surface area contributed by atoms with Crippen LogP contribution in [0.15, 0.2) is 6.20 Å². The molecule has 1 heterocycles. The molecule has 3 nitrogen and oxygen atoms in total. The zero-order valence-electron chi connectivity index (χ0n) is 11.9. The number of aromatic nitrogens is 1. The summed E-state index contributed by atoms with van der Waals surface area (Å²) in [6.45, 7) is 8.39. The van der Waals surface area contributed by atoms with Gasteiger partial charge in [0.2, 0.25) is 0 Å². The number of nitrogens with zero attached hydrogens (tertiary/aromatic N) is 2. The lowest BCUT2D eigenvalue weighted by Crippen LogP contribution is -2.33. The normalized spacial score (nSPS) is 16.7. The summed E-state index contributed by atoms with van der Waals surface area (Å²) in [4.78, 5) is 7.13. The van der Waals surface area contributed by atoms with E-state index in [1.54, 1.807) is 0 Å². The van der Waals surface area contributed by atoms with Gasteiger partial charge in [-0.15, -0.1) is 0 Å². The zero-order valence-corrected chi connectivity index (χ0v) is 11.9. The molecule has 0 saturated heterocycles. The van der Waals surface area contributed by atoms with Crippen molar-refractivity contribution >= 4 is 5.69 Å². The third-order valence-corrected chi connectivity index (χ3v) is 4.28. The van der Waals surface area contributed by atoms with E-state index < -0.39 is 0 Å². The van der Waals surface area contributed by atoms with Crippen LogP contribution in [-0.4, -0.2) is 22.5 Å². The molecular weight excluding hydrogens is 222 g/mol. The van der Waals surface area contributed by atoms with E-state index >= 15 is 0 Å². The zero-order chi connectivity index (χ0) is 13.1. The molecule has 0 atom stereocenters. The number of nitrogens with two attached hydrogens (primary N) is 1. The largest absolute Gasteiger partial charge is 0.398 e. The Morgan fingerprint density at radius 1 is 1.33 bits per heavy atom. The van der Waals surface area contributed by atoms with Gasteiger partial charge < -0.3 is 5.73 Å². The summed E-state index contributed by atoms with van der Waals surface area (Å²) in [6.07, 6.45) is 7.34. The third kappa shape index (κ3) is 2.66. The van der Waals surface area contributed by atoms with E-state index in [1.165, 1.54) is 25.7 Å². The number of hydrogen-bond donors (Lipinski definition) is 1. The highest BCUT2D eigenvalue weighted by atomic mass is 15.2. The van der Waals surface area contributed by atoms with Gasteiger partial charge in [0, 0.05) is 24.5 Å². The van der Waals surface area contributed by atoms with Crippen molar-refractivity contribution in [3.05, 3.63) is 23.0 Å². The van der Waals surface area contributed by atoms with Crippen LogP contribution in [0.5, 0.6) is 0 Å². The molecule has 1 aliphatic rings. The summed E-state index contributed by atoms with van der Waals surface area (Å²) in [7, 11) is 0. The molecule has 2 rings (SSSR count). The quantitative estimate of drug-likeness (QED) is 0.889. The lowest BCUT2D eigenvalue weighted by molar-refractivity contribution is 0.197. The number of aryl methyl sites for hydroxylation is 1. The van der Waals surface area contributed by atoms with E-state index in [0.29, 0.717) is 0 Å². The summed E-state index contributed by atoms with van der Waals surface area (Å²) in [6, 6.07) is 0.749. The molecule has 0 radical (unpaired) electrons. The molecule has 0 aliphatic heterocycles. The van der Waals surface area contributed by atoms with E-state index in [1.807, 2.05) is 13.1 Å². The maximum Gasteiger partial charge on any atom is 0.0593 e. The first-order valence-corrected chi connectivity index (χ1v) is 7.08. The van der Waals surface area contributed by atoms with Gasteiger partial charge in [0.05, 0.1) is 5.69 Å². The fourth-order valence-electron chi connectivity index (χ4n) is 2.91. The molecule has 0 amide bonds. The third-order valence-electron chi connectivity index (χ3n) is 4.28. The minimum absolute atomic E-state index is 0.749. The average Bonchev–Trinajstić information content (AvgIpc) is 2.89. The molecule has 3 heteroatoms. The predicted molar refractivity (Wildman–Crippen MR) is 76.5 cm³/mol. The molecule has 0 aromatic carbocycles. The van der Waals surface area contributed by atoms with Gasteiger partial charge in [0.15, 0.2) is 0 Å². The summed E-state index contributed by atoms with van der Waals surface area (Å²) in [5.41, 5.74) is 10.4. The number of hydrogen-bond acceptors (Lipinski definition) is 3. The second-order valence-corrected chi connectivity index (χ2v) is 5.43. The van der Waals surface area contributed by atoms with Crippen LogP contribution < -0.4 is 5.73 Å². The van der Waals surface area contributed by atoms with E-state index in [9.17, 15) is 0 Å². The van der Waals surface area contributed by atoms with Gasteiger partial charge in [-0.3, -0.25) is 9.88 Å². The lowest BCUT2D eigenvalue weighted by Gasteiger charge is -2.27. The SMILES string of the molecule is CCN(Cc1ncc(C)c(N)c1C)C1CCCC1. The first kappa shape index (κ1) is 13.3. The van der Waals surface area contributed by atoms with Crippen molar-refractivity contribution in [2.45, 2.75) is 59.0 Å². The van der Waals surface area contributed by atoms with Gasteiger partial charge in [-0.25, -0.2) is 0 Å². The average molecular weight is 247 g/mol. The topological polar surface area (TPSA) is 42.2 Å². The molecule has 1 aromatic rings. The van der Waals surface area contributed by atoms with Crippen molar-refractivity contribution in [1.29, 1.82) is 0 Å². The van der Waals surface area contributed by atoms with Crippen LogP contribution in [0.2, 0.25) is 0 Å². The number of pyridine rings is 1. The summed E-state index contributed by atoms with van der Waals surface area (Å²) >= 11 is 0. The molecule has 0 spiro atoms. The van der Waals surface area contributed by atoms with Gasteiger partial charge in [-0.05, 0) is 44.4 Å². The van der Waals surface area contributed by atoms with E-state index in [0.717, 1.165) is 41.6 Å². The lowest BCUT2D eigenvalue weighted by atomic mass is 10.1. The van der Waals surface area contributed by atoms with Crippen LogP contribution in [0.1, 0.15) is 49.4 Å². The molecule has 2 N–H and O–H groups in total. The Labute approximate surface area is 110 Å². The van der Waals surface area contributed by atoms with E-state index in [-0.39, 0.29) is 0 Å². The highest BCUT2D eigenvalue weighted by Gasteiger charge is 2.22. The molecule has 18 heavy (non-hydrogen) atoms. The molecule has 1 fully saturated rings. The first-order valence-electron chi connectivity index (χ1n) is 7.08. The fraction of sp³-hybridized carbons (Fsp3) is 0.667. The fourth-order valence-corrected chi connectivity index (χ4v) is 2.91. The molecule has 1 aromatic heterocycles. The second kappa shape index (κ2) is 5.70. The molecular formula is C15H25N3. The van der Waals surface area contributed by atoms with E-state index in [4.69, 9.17) is 5.73 Å². The van der Waals surface area contributed by atoms with Gasteiger partial charge in [-0.2, -0.15) is 0 Å². The van der Waals surface area contributed by atoms with Crippen LogP contribution in [0.25, 0.3) is 0 Å². The van der Waals surface area contributed by atoms with Crippen LogP contribution >= 0.6 is 0 Å². The van der Waals surface area contributed by atoms with Gasteiger partial charge in [-0.1, -0.05) is 19.8 Å². The highest BCUT2D eigenvalue weighted by molar-refractivity contribution is 5.53. The van der Waals surface area contributed by atoms with Crippen molar-refractivity contribution in [2.75, 3.05) is 12.3 Å². The van der Waals surface area contributed by atoms with Crippen molar-refractivity contribution in [3.8, 4) is 0 Å². The second-order valence-electron chi connectivity index (χ2n) is 5.43. The monoisotopic (exact) mass is 247 g/mol. The Morgan fingerprint density at radius 3 is 2.61 bits per heavy atom. The maximum atomic E-state index is 6.09. The Bertz CT molecular complexity index is 408. The van der Waals surface area contributed by atoms with E-state index in [2.05, 4.69) is 23.7 Å². The minimum atomic E-state index is 0.749. The number of anilines is 1. The van der Waals surface area contributed by atoms with Crippen molar-refractivity contribution in [1.82, 2.24) is 9.88 Å². The van der Waals surface area contributed by atoms with Crippen LogP contribution in [0.4, 0.5) is 5.69 Å². The summed E-state index contributed by atoms with van der Waals surface area (Å²) < 4.78 is 0. The molecule has 0 unspecified atom stereocenters. The highest BCUT2D eigenvalue weighted by Crippen LogP contribution is 2.26. The van der Waals surface area contributed by atoms with Crippen molar-refractivity contribution < 1.29 is 0 Å². The molecule has 100 valence electrons. The summed E-state index contributed by atoms with van der Waals surface area (Å²) in [5, 5.41) is 0. The van der Waals surface area contributed by atoms with Crippen LogP contribution in [0.3, 0.4) is 0 Å². The van der Waals surface area contributed by atoms with Crippen LogP contribution in [-0.2, 0) is 6.54 Å². The predicted octanol–water partition coefficient (Wildman–Crippen LogP) is 3.05. The van der Waals surface area contributed by atoms with Gasteiger partial charge in [0.1, 0.15) is 0 Å². The first-order chi connectivity index (χ1) is 8.63. The summed E-state index contributed by atoms with van der Waals surface area (Å²) in [5.74, 6) is 0. The molecule has 1 saturated carbocycles. The standard InChI is InChI=1S/C15H25N3/c1-4-18(13-7-5-6-8-13)10-14-12(3)15(16)11(2)9-17-14/h9,13H,4-8,10H2,1-3H3,(H2,16,17). The minimum Gasteiger partial charge on any atom is -0.398 e. The van der Waals surface area contributed by atoms with Crippen molar-refractivity contribution in [3.63, 3.8) is 0 Å². The molecule has 0 bridgehead atoms. The van der Waals surface area contributed by atoms with Crippen molar-refractivity contribution in [2.24, 2.45) is 0 Å². The van der Waals surface area contributed by atoms with Crippen LogP contribution in [0, 0.1) is 13.8 Å². The number of nitrogen functional groups attached to an aromatic ring is 1. The Morgan fingerprint density at radius 2 is 2.00 bits per heavy atom. The Hall–Kier alpha value is -1.09. The Balaban J connectivity index is 2.14.